The number of nitrogens with one attached hydrogen (secondary N) is 1. The summed E-state index contributed by atoms with van der Waals surface area (Å²) in [7, 11) is 0. The lowest BCUT2D eigenvalue weighted by Gasteiger charge is -2.26. The lowest BCUT2D eigenvalue weighted by molar-refractivity contribution is 0.180. The van der Waals surface area contributed by atoms with Gasteiger partial charge in [-0.1, -0.05) is 0 Å². The third-order valence-corrected chi connectivity index (χ3v) is 1.34. The second-order valence-corrected chi connectivity index (χ2v) is 3.79. The van der Waals surface area contributed by atoms with E-state index in [1.807, 2.05) is 20.8 Å². The molecule has 1 atom stereocenters. The number of aliphatic hydroxyl groups excluding tert-OH is 2. The minimum Gasteiger partial charge on any atom is -0.396 e. The van der Waals surface area contributed by atoms with Gasteiger partial charge in [0.15, 0.2) is 0 Å². The Morgan fingerprint density at radius 2 is 1.82 bits per heavy atom. The van der Waals surface area contributed by atoms with E-state index in [0.29, 0.717) is 6.42 Å². The second-order valence-electron chi connectivity index (χ2n) is 3.79. The van der Waals surface area contributed by atoms with Crippen molar-refractivity contribution in [1.82, 2.24) is 5.32 Å². The Bertz CT molecular complexity index is 98.8. The third-order valence-electron chi connectivity index (χ3n) is 1.34. The van der Waals surface area contributed by atoms with Gasteiger partial charge in [0.05, 0.1) is 6.61 Å². The van der Waals surface area contributed by atoms with Crippen LogP contribution in [0.1, 0.15) is 27.2 Å². The van der Waals surface area contributed by atoms with Crippen LogP contribution in [0.15, 0.2) is 0 Å². The molecule has 0 aliphatic carbocycles. The van der Waals surface area contributed by atoms with Crippen LogP contribution in [-0.4, -0.2) is 35.0 Å². The minimum absolute atomic E-state index is 0.00255. The maximum atomic E-state index is 8.85. The van der Waals surface area contributed by atoms with Crippen LogP contribution in [0.5, 0.6) is 0 Å². The second kappa shape index (κ2) is 4.70. The van der Waals surface area contributed by atoms with Crippen LogP contribution >= 0.6 is 0 Å². The molecule has 11 heavy (non-hydrogen) atoms. The van der Waals surface area contributed by atoms with Gasteiger partial charge in [-0.15, -0.1) is 0 Å². The van der Waals surface area contributed by atoms with E-state index in [4.69, 9.17) is 10.2 Å². The molecule has 0 aromatic heterocycles. The molecular weight excluding hydrogens is 142 g/mol. The first kappa shape index (κ1) is 10.9. The van der Waals surface area contributed by atoms with Crippen LogP contribution in [-0.2, 0) is 0 Å². The molecule has 0 saturated heterocycles. The van der Waals surface area contributed by atoms with Crippen LogP contribution in [0.4, 0.5) is 0 Å². The van der Waals surface area contributed by atoms with Gasteiger partial charge in [0, 0.05) is 18.2 Å². The normalized spacial score (nSPS) is 15.0. The topological polar surface area (TPSA) is 52.5 Å². The third kappa shape index (κ3) is 6.28. The minimum atomic E-state index is 0.00255. The summed E-state index contributed by atoms with van der Waals surface area (Å²) in [6, 6.07) is 0.0139. The Balaban J connectivity index is 3.68. The molecule has 3 heteroatoms. The van der Waals surface area contributed by atoms with Gasteiger partial charge >= 0.3 is 0 Å². The zero-order valence-electron chi connectivity index (χ0n) is 7.59. The smallest absolute Gasteiger partial charge is 0.0585 e. The molecular formula is C8H19NO2. The molecule has 0 amide bonds. The van der Waals surface area contributed by atoms with E-state index in [1.165, 1.54) is 0 Å². The van der Waals surface area contributed by atoms with Crippen molar-refractivity contribution in [2.24, 2.45) is 0 Å². The van der Waals surface area contributed by atoms with Crippen LogP contribution in [0.2, 0.25) is 0 Å². The molecule has 0 heterocycles. The first-order valence-electron chi connectivity index (χ1n) is 3.99. The van der Waals surface area contributed by atoms with E-state index >= 15 is 0 Å². The molecule has 0 spiro atoms. The monoisotopic (exact) mass is 161 g/mol. The standard InChI is InChI=1S/C8H19NO2/c1-8(2,3)9-7(6-11)4-5-10/h7,9-11H,4-6H2,1-3H3. The summed E-state index contributed by atoms with van der Waals surface area (Å²) in [4.78, 5) is 0. The summed E-state index contributed by atoms with van der Waals surface area (Å²) in [5, 5.41) is 20.7. The first-order chi connectivity index (χ1) is 4.99. The van der Waals surface area contributed by atoms with Crippen molar-refractivity contribution in [3.63, 3.8) is 0 Å². The van der Waals surface area contributed by atoms with Gasteiger partial charge in [-0.25, -0.2) is 0 Å². The Kier molecular flexibility index (Phi) is 4.65. The zero-order valence-corrected chi connectivity index (χ0v) is 7.59. The maximum absolute atomic E-state index is 8.85. The predicted octanol–water partition coefficient (Wildman–Crippen LogP) is 0.118. The van der Waals surface area contributed by atoms with Crippen molar-refractivity contribution >= 4 is 0 Å². The van der Waals surface area contributed by atoms with Gasteiger partial charge in [-0.05, 0) is 27.2 Å². The van der Waals surface area contributed by atoms with Gasteiger partial charge < -0.3 is 15.5 Å². The van der Waals surface area contributed by atoms with Crippen molar-refractivity contribution in [3.05, 3.63) is 0 Å². The molecule has 0 saturated carbocycles. The van der Waals surface area contributed by atoms with Gasteiger partial charge in [0.2, 0.25) is 0 Å². The Morgan fingerprint density at radius 1 is 1.27 bits per heavy atom. The molecule has 1 unspecified atom stereocenters. The summed E-state index contributed by atoms with van der Waals surface area (Å²) in [6.07, 6.45) is 0.605. The summed E-state index contributed by atoms with van der Waals surface area (Å²) in [5.41, 5.74) is 0.00255. The van der Waals surface area contributed by atoms with Gasteiger partial charge in [-0.2, -0.15) is 0 Å². The predicted molar refractivity (Wildman–Crippen MR) is 45.5 cm³/mol. The van der Waals surface area contributed by atoms with Crippen molar-refractivity contribution in [3.8, 4) is 0 Å². The quantitative estimate of drug-likeness (QED) is 0.549. The first-order valence-corrected chi connectivity index (χ1v) is 3.99. The zero-order chi connectivity index (χ0) is 8.91. The largest absolute Gasteiger partial charge is 0.396 e. The molecule has 0 aromatic carbocycles. The highest BCUT2D eigenvalue weighted by Gasteiger charge is 2.15. The number of rotatable bonds is 4. The van der Waals surface area contributed by atoms with Crippen LogP contribution in [0.25, 0.3) is 0 Å². The lowest BCUT2D eigenvalue weighted by Crippen LogP contribution is -2.45. The van der Waals surface area contributed by atoms with Crippen LogP contribution in [0, 0.1) is 0 Å². The number of hydrogen-bond donors (Lipinski definition) is 3. The van der Waals surface area contributed by atoms with Crippen molar-refractivity contribution in [1.29, 1.82) is 0 Å². The highest BCUT2D eigenvalue weighted by Crippen LogP contribution is 2.02. The van der Waals surface area contributed by atoms with Crippen molar-refractivity contribution in [2.45, 2.75) is 38.8 Å². The molecule has 0 aromatic rings. The maximum Gasteiger partial charge on any atom is 0.0585 e. The Labute approximate surface area is 68.4 Å². The highest BCUT2D eigenvalue weighted by molar-refractivity contribution is 4.76. The van der Waals surface area contributed by atoms with E-state index in [-0.39, 0.29) is 24.8 Å². The summed E-state index contributed by atoms with van der Waals surface area (Å²) in [6.45, 7) is 6.30. The van der Waals surface area contributed by atoms with E-state index in [9.17, 15) is 0 Å². The number of hydrogen-bond acceptors (Lipinski definition) is 3. The molecule has 0 aliphatic rings. The van der Waals surface area contributed by atoms with Gasteiger partial charge in [0.25, 0.3) is 0 Å². The summed E-state index contributed by atoms with van der Waals surface area (Å²) in [5.74, 6) is 0. The molecule has 0 fully saturated rings. The van der Waals surface area contributed by atoms with E-state index < -0.39 is 0 Å². The summed E-state index contributed by atoms with van der Waals surface area (Å²) < 4.78 is 0. The fourth-order valence-corrected chi connectivity index (χ4v) is 0.977. The Hall–Kier alpha value is -0.120. The van der Waals surface area contributed by atoms with E-state index in [0.717, 1.165) is 0 Å². The molecule has 0 aliphatic heterocycles. The molecule has 0 rings (SSSR count). The van der Waals surface area contributed by atoms with Crippen LogP contribution in [0.3, 0.4) is 0 Å². The Morgan fingerprint density at radius 3 is 2.09 bits per heavy atom. The SMILES string of the molecule is CC(C)(C)NC(CO)CCO. The van der Waals surface area contributed by atoms with E-state index in [1.54, 1.807) is 0 Å². The van der Waals surface area contributed by atoms with Gasteiger partial charge in [-0.3, -0.25) is 0 Å². The molecule has 68 valence electrons. The number of aliphatic hydroxyl groups is 2. The van der Waals surface area contributed by atoms with Crippen molar-refractivity contribution in [2.75, 3.05) is 13.2 Å². The fraction of sp³-hybridized carbons (Fsp3) is 1.00. The average molecular weight is 161 g/mol. The average Bonchev–Trinajstić information content (AvgIpc) is 1.84. The van der Waals surface area contributed by atoms with Crippen molar-refractivity contribution < 1.29 is 10.2 Å². The van der Waals surface area contributed by atoms with Gasteiger partial charge in [0.1, 0.15) is 0 Å². The summed E-state index contributed by atoms with van der Waals surface area (Å²) >= 11 is 0. The van der Waals surface area contributed by atoms with E-state index in [2.05, 4.69) is 5.32 Å². The highest BCUT2D eigenvalue weighted by atomic mass is 16.3. The molecule has 0 radical (unpaired) electrons. The molecule has 0 bridgehead atoms. The van der Waals surface area contributed by atoms with Crippen LogP contribution < -0.4 is 5.32 Å². The molecule has 3 nitrogen and oxygen atoms in total. The molecule has 3 N–H and O–H groups in total. The fourth-order valence-electron chi connectivity index (χ4n) is 0.977. The lowest BCUT2D eigenvalue weighted by atomic mass is 10.1.